The van der Waals surface area contributed by atoms with Crippen LogP contribution in [-0.2, 0) is 11.3 Å². The van der Waals surface area contributed by atoms with Gasteiger partial charge < -0.3 is 29.7 Å². The number of hydrogen-bond donors (Lipinski definition) is 2. The molecule has 0 saturated carbocycles. The number of nitrogens with one attached hydrogen (secondary N) is 1. The van der Waals surface area contributed by atoms with Gasteiger partial charge in [-0.25, -0.2) is 18.6 Å². The van der Waals surface area contributed by atoms with Gasteiger partial charge in [0, 0.05) is 23.7 Å². The third-order valence-electron chi connectivity index (χ3n) is 4.62. The Bertz CT molecular complexity index is 1180. The number of carbonyl (C=O) groups is 2. The van der Waals surface area contributed by atoms with Crippen molar-refractivity contribution in [2.24, 2.45) is 5.73 Å². The highest BCUT2D eigenvalue weighted by atomic mass is 19.1. The van der Waals surface area contributed by atoms with Crippen molar-refractivity contribution in [3.8, 4) is 23.0 Å². The van der Waals surface area contributed by atoms with E-state index >= 15 is 0 Å². The first-order chi connectivity index (χ1) is 15.7. The summed E-state index contributed by atoms with van der Waals surface area (Å²) in [4.78, 5) is 28.3. The van der Waals surface area contributed by atoms with Gasteiger partial charge in [0.05, 0.1) is 14.2 Å². The zero-order valence-electron chi connectivity index (χ0n) is 18.0. The Hall–Kier alpha value is -4.15. The maximum absolute atomic E-state index is 13.9. The van der Waals surface area contributed by atoms with Crippen molar-refractivity contribution in [3.05, 3.63) is 65.1 Å². The van der Waals surface area contributed by atoms with Crippen LogP contribution in [0.2, 0.25) is 0 Å². The molecule has 0 fully saturated rings. The number of hydrogen-bond acceptors (Lipinski definition) is 7. The molecule has 0 saturated heterocycles. The molecule has 3 N–H and O–H groups in total. The Balaban J connectivity index is 1.94. The smallest absolute Gasteiger partial charge is 0.405 e. The zero-order chi connectivity index (χ0) is 24.1. The van der Waals surface area contributed by atoms with Crippen molar-refractivity contribution in [3.63, 3.8) is 0 Å². The number of rotatable bonds is 8. The van der Waals surface area contributed by atoms with Gasteiger partial charge in [0.25, 0.3) is 5.91 Å². The largest absolute Gasteiger partial charge is 0.493 e. The molecule has 0 aliphatic rings. The van der Waals surface area contributed by atoms with Gasteiger partial charge in [-0.15, -0.1) is 0 Å². The number of nitrogens with two attached hydrogens (primary N) is 1. The highest BCUT2D eigenvalue weighted by molar-refractivity contribution is 5.94. The fourth-order valence-corrected chi connectivity index (χ4v) is 3.01. The summed E-state index contributed by atoms with van der Waals surface area (Å²) < 4.78 is 48.1. The Labute approximate surface area is 187 Å². The van der Waals surface area contributed by atoms with Crippen LogP contribution in [0.25, 0.3) is 11.5 Å². The molecule has 0 bridgehead atoms. The maximum atomic E-state index is 13.9. The molecule has 33 heavy (non-hydrogen) atoms. The lowest BCUT2D eigenvalue weighted by molar-refractivity contribution is 0.0904. The molecule has 1 aromatic heterocycles. The topological polar surface area (TPSA) is 126 Å². The van der Waals surface area contributed by atoms with Crippen LogP contribution in [0.4, 0.5) is 13.6 Å². The van der Waals surface area contributed by atoms with Crippen LogP contribution in [0.15, 0.2) is 40.8 Å². The van der Waals surface area contributed by atoms with E-state index < -0.39 is 29.7 Å². The Morgan fingerprint density at radius 2 is 1.85 bits per heavy atom. The number of methoxy groups -OCH3 is 2. The van der Waals surface area contributed by atoms with E-state index in [1.54, 1.807) is 18.2 Å². The minimum atomic E-state index is -1.08. The van der Waals surface area contributed by atoms with Gasteiger partial charge in [-0.3, -0.25) is 4.79 Å². The number of aromatic nitrogens is 1. The molecule has 3 aromatic rings. The van der Waals surface area contributed by atoms with Crippen molar-refractivity contribution in [1.82, 2.24) is 10.3 Å². The fourth-order valence-electron chi connectivity index (χ4n) is 3.01. The van der Waals surface area contributed by atoms with Gasteiger partial charge in [0.2, 0.25) is 5.89 Å². The number of amides is 2. The number of nitrogens with zero attached hydrogens (tertiary/aromatic N) is 1. The highest BCUT2D eigenvalue weighted by Crippen LogP contribution is 2.34. The van der Waals surface area contributed by atoms with Crippen LogP contribution >= 0.6 is 0 Å². The van der Waals surface area contributed by atoms with Crippen LogP contribution in [-0.4, -0.2) is 31.2 Å². The van der Waals surface area contributed by atoms with Crippen molar-refractivity contribution in [2.45, 2.75) is 19.6 Å². The molecular weight excluding hydrogens is 440 g/mol. The van der Waals surface area contributed by atoms with E-state index in [9.17, 15) is 18.4 Å². The predicted octanol–water partition coefficient (Wildman–Crippen LogP) is 3.72. The van der Waals surface area contributed by atoms with Gasteiger partial charge in [0.1, 0.15) is 11.6 Å². The second-order valence-corrected chi connectivity index (χ2v) is 6.80. The van der Waals surface area contributed by atoms with Gasteiger partial charge in [-0.1, -0.05) is 6.07 Å². The summed E-state index contributed by atoms with van der Waals surface area (Å²) in [5.41, 5.74) is 5.40. The molecule has 1 heterocycles. The lowest BCUT2D eigenvalue weighted by atomic mass is 10.2. The number of benzene rings is 2. The van der Waals surface area contributed by atoms with E-state index in [-0.39, 0.29) is 29.5 Å². The van der Waals surface area contributed by atoms with Crippen molar-refractivity contribution >= 4 is 12.0 Å². The average Bonchev–Trinajstić information content (AvgIpc) is 3.23. The number of carbonyl (C=O) groups excluding carboxylic acids is 2. The predicted molar refractivity (Wildman–Crippen MR) is 112 cm³/mol. The molecule has 1 unspecified atom stereocenters. The minimum absolute atomic E-state index is 0.0315. The third kappa shape index (κ3) is 5.37. The van der Waals surface area contributed by atoms with E-state index in [0.717, 1.165) is 6.07 Å². The van der Waals surface area contributed by atoms with Crippen LogP contribution in [0.1, 0.15) is 34.8 Å². The molecule has 174 valence electrons. The second-order valence-electron chi connectivity index (χ2n) is 6.80. The molecule has 3 rings (SSSR count). The molecule has 0 spiro atoms. The summed E-state index contributed by atoms with van der Waals surface area (Å²) in [6, 6.07) is 7.84. The van der Waals surface area contributed by atoms with Crippen molar-refractivity contribution in [1.29, 1.82) is 0 Å². The summed E-state index contributed by atoms with van der Waals surface area (Å²) in [6.45, 7) is 1.20. The van der Waals surface area contributed by atoms with Crippen LogP contribution < -0.4 is 20.5 Å². The van der Waals surface area contributed by atoms with Gasteiger partial charge in [-0.05, 0) is 31.2 Å². The molecule has 2 amide bonds. The van der Waals surface area contributed by atoms with Crippen LogP contribution in [0.3, 0.4) is 0 Å². The molecule has 9 nitrogen and oxygen atoms in total. The first kappa shape index (κ1) is 23.5. The summed E-state index contributed by atoms with van der Waals surface area (Å²) in [5, 5.41) is 2.49. The Morgan fingerprint density at radius 3 is 2.48 bits per heavy atom. The lowest BCUT2D eigenvalue weighted by Gasteiger charge is -2.10. The van der Waals surface area contributed by atoms with Crippen LogP contribution in [0, 0.1) is 11.6 Å². The molecule has 0 aliphatic heterocycles. The zero-order valence-corrected chi connectivity index (χ0v) is 18.0. The van der Waals surface area contributed by atoms with Gasteiger partial charge in [-0.2, -0.15) is 0 Å². The Kier molecular flexibility index (Phi) is 7.11. The first-order valence-corrected chi connectivity index (χ1v) is 9.64. The summed E-state index contributed by atoms with van der Waals surface area (Å²) in [5.74, 6) is -1.46. The molecular formula is C22H21F2N3O6. The minimum Gasteiger partial charge on any atom is -0.493 e. The van der Waals surface area contributed by atoms with E-state index in [1.165, 1.54) is 27.2 Å². The van der Waals surface area contributed by atoms with E-state index in [0.29, 0.717) is 23.1 Å². The second kappa shape index (κ2) is 9.98. The number of primary amides is 1. The van der Waals surface area contributed by atoms with Crippen molar-refractivity contribution in [2.75, 3.05) is 14.2 Å². The van der Waals surface area contributed by atoms with E-state index in [2.05, 4.69) is 10.3 Å². The monoisotopic (exact) mass is 461 g/mol. The summed E-state index contributed by atoms with van der Waals surface area (Å²) in [7, 11) is 2.94. The number of ether oxygens (including phenoxy) is 3. The molecule has 0 radical (unpaired) electrons. The maximum Gasteiger partial charge on any atom is 0.405 e. The van der Waals surface area contributed by atoms with Gasteiger partial charge in [0.15, 0.2) is 29.1 Å². The average molecular weight is 461 g/mol. The molecule has 11 heteroatoms. The van der Waals surface area contributed by atoms with Crippen molar-refractivity contribution < 1.29 is 37.0 Å². The quantitative estimate of drug-likeness (QED) is 0.524. The van der Waals surface area contributed by atoms with E-state index in [4.69, 9.17) is 24.4 Å². The SMILES string of the molecule is COc1ccc(-c2nc(C(=O)NCc3ccc(F)cc3F)c(C(C)OC(N)=O)o2)cc1OC. The molecule has 0 aliphatic carbocycles. The lowest BCUT2D eigenvalue weighted by Crippen LogP contribution is -2.26. The number of oxazole rings is 1. The fraction of sp³-hybridized carbons (Fsp3) is 0.227. The molecule has 2 aromatic carbocycles. The van der Waals surface area contributed by atoms with Gasteiger partial charge >= 0.3 is 6.09 Å². The number of halogens is 2. The standard InChI is InChI=1S/C22H21F2N3O6/c1-11(32-22(25)29)19-18(20(28)26-10-13-4-6-14(23)9-15(13)24)27-21(33-19)12-5-7-16(30-2)17(8-12)31-3/h4-9,11H,10H2,1-3H3,(H2,25,29)(H,26,28). The van der Waals surface area contributed by atoms with E-state index in [1.807, 2.05) is 0 Å². The molecule has 1 atom stereocenters. The summed E-state index contributed by atoms with van der Waals surface area (Å²) in [6.07, 6.45) is -2.13. The normalized spacial score (nSPS) is 11.5. The Morgan fingerprint density at radius 1 is 1.12 bits per heavy atom. The van der Waals surface area contributed by atoms with Crippen LogP contribution in [0.5, 0.6) is 11.5 Å². The first-order valence-electron chi connectivity index (χ1n) is 9.64. The summed E-state index contributed by atoms with van der Waals surface area (Å²) >= 11 is 0. The third-order valence-corrected chi connectivity index (χ3v) is 4.62. The highest BCUT2D eigenvalue weighted by Gasteiger charge is 2.27.